The molecular formula is C27H26Br2N2O5. The molecular weight excluding hydrogens is 592 g/mol. The third-order valence-corrected chi connectivity index (χ3v) is 10.0. The maximum atomic E-state index is 13.1. The van der Waals surface area contributed by atoms with Crippen LogP contribution in [-0.4, -0.2) is 44.8 Å². The highest BCUT2D eigenvalue weighted by Gasteiger charge is 2.52. The Kier molecular flexibility index (Phi) is 7.05. The topological polar surface area (TPSA) is 84.0 Å². The van der Waals surface area contributed by atoms with Gasteiger partial charge >= 0.3 is 5.97 Å². The summed E-state index contributed by atoms with van der Waals surface area (Å²) in [7, 11) is 0. The Morgan fingerprint density at radius 1 is 0.972 bits per heavy atom. The van der Waals surface area contributed by atoms with Gasteiger partial charge in [-0.3, -0.25) is 19.2 Å². The van der Waals surface area contributed by atoms with Crippen LogP contribution in [0.15, 0.2) is 48.5 Å². The molecule has 3 fully saturated rings. The van der Waals surface area contributed by atoms with Crippen LogP contribution >= 0.6 is 31.9 Å². The number of likely N-dealkylation sites (tertiary alicyclic amines) is 1. The maximum absolute atomic E-state index is 13.1. The number of hydrogen-bond acceptors (Lipinski definition) is 5. The fraction of sp³-hybridized carbons (Fsp3) is 0.407. The maximum Gasteiger partial charge on any atom is 0.316 e. The van der Waals surface area contributed by atoms with Crippen LogP contribution in [-0.2, 0) is 25.7 Å². The molecule has 5 rings (SSSR count). The molecule has 0 aromatic heterocycles. The molecule has 5 atom stereocenters. The quantitative estimate of drug-likeness (QED) is 0.215. The van der Waals surface area contributed by atoms with E-state index in [0.29, 0.717) is 42.9 Å². The Labute approximate surface area is 226 Å². The summed E-state index contributed by atoms with van der Waals surface area (Å²) in [5.41, 5.74) is 2.19. The number of ether oxygens (including phenoxy) is 1. The Balaban J connectivity index is 1.25. The second-order valence-corrected chi connectivity index (χ2v) is 12.1. The molecule has 1 aliphatic carbocycles. The van der Waals surface area contributed by atoms with Gasteiger partial charge in [0, 0.05) is 29.2 Å². The highest BCUT2D eigenvalue weighted by Crippen LogP contribution is 2.45. The number of carbonyl (C=O) groups excluding carboxylic acids is 4. The number of amides is 3. The van der Waals surface area contributed by atoms with Crippen LogP contribution in [0.3, 0.4) is 0 Å². The summed E-state index contributed by atoms with van der Waals surface area (Å²) >= 11 is 7.22. The summed E-state index contributed by atoms with van der Waals surface area (Å²) in [5.74, 6) is -1.76. The molecule has 2 saturated heterocycles. The van der Waals surface area contributed by atoms with Crippen molar-refractivity contribution in [3.05, 3.63) is 59.7 Å². The van der Waals surface area contributed by atoms with Crippen LogP contribution in [0, 0.1) is 24.7 Å². The summed E-state index contributed by atoms with van der Waals surface area (Å²) in [5, 5.41) is 0. The van der Waals surface area contributed by atoms with Crippen LogP contribution in [0.1, 0.15) is 30.4 Å². The molecule has 3 aliphatic rings. The first-order valence-corrected chi connectivity index (χ1v) is 13.9. The van der Waals surface area contributed by atoms with Gasteiger partial charge in [0.05, 0.1) is 23.4 Å². The molecule has 0 bridgehead atoms. The van der Waals surface area contributed by atoms with E-state index in [0.717, 1.165) is 5.56 Å². The molecule has 9 heteroatoms. The fourth-order valence-electron chi connectivity index (χ4n) is 5.36. The van der Waals surface area contributed by atoms with E-state index in [4.69, 9.17) is 4.74 Å². The number of esters is 1. The smallest absolute Gasteiger partial charge is 0.316 e. The number of imide groups is 1. The minimum absolute atomic E-state index is 0.0729. The molecule has 0 spiro atoms. The normalized spacial score (nSPS) is 28.0. The summed E-state index contributed by atoms with van der Waals surface area (Å²) in [6.07, 6.45) is 1.33. The van der Waals surface area contributed by atoms with Crippen molar-refractivity contribution >= 4 is 61.2 Å². The van der Waals surface area contributed by atoms with Crippen molar-refractivity contribution in [2.75, 3.05) is 11.4 Å². The third-order valence-electron chi connectivity index (χ3n) is 7.30. The van der Waals surface area contributed by atoms with Gasteiger partial charge in [-0.15, -0.1) is 0 Å². The van der Waals surface area contributed by atoms with Crippen molar-refractivity contribution in [2.24, 2.45) is 17.8 Å². The van der Waals surface area contributed by atoms with Gasteiger partial charge in [-0.25, -0.2) is 4.90 Å². The minimum Gasteiger partial charge on any atom is -0.426 e. The molecule has 3 amide bonds. The van der Waals surface area contributed by atoms with Crippen molar-refractivity contribution in [1.29, 1.82) is 0 Å². The predicted molar refractivity (Wildman–Crippen MR) is 141 cm³/mol. The van der Waals surface area contributed by atoms with Crippen LogP contribution in [0.4, 0.5) is 5.69 Å². The van der Waals surface area contributed by atoms with Gasteiger partial charge in [0.2, 0.25) is 17.7 Å². The number of fused-ring (bicyclic) bond motifs is 1. The average molecular weight is 618 g/mol. The Hall–Kier alpha value is -2.52. The van der Waals surface area contributed by atoms with E-state index in [1.54, 1.807) is 30.0 Å². The number of rotatable bonds is 5. The first kappa shape index (κ1) is 25.1. The highest BCUT2D eigenvalue weighted by atomic mass is 79.9. The molecule has 36 heavy (non-hydrogen) atoms. The minimum atomic E-state index is -0.541. The van der Waals surface area contributed by atoms with Crippen molar-refractivity contribution in [1.82, 2.24) is 4.90 Å². The number of aryl methyl sites for hydroxylation is 1. The SMILES string of the molecule is Cc1cc(OC(=O)[C@@H]2CC(=O)N(Cc3ccccc3)C2)ccc1N1C(=O)[C@H]2C[C@@H](Br)[C@@H](Br)C[C@H]2C1=O. The lowest BCUT2D eigenvalue weighted by molar-refractivity contribution is -0.139. The molecule has 2 aromatic rings. The van der Waals surface area contributed by atoms with Gasteiger partial charge in [0.15, 0.2) is 0 Å². The average Bonchev–Trinajstić information content (AvgIpc) is 3.32. The van der Waals surface area contributed by atoms with E-state index in [-0.39, 0.29) is 45.6 Å². The molecule has 1 saturated carbocycles. The van der Waals surface area contributed by atoms with Gasteiger partial charge in [-0.2, -0.15) is 0 Å². The van der Waals surface area contributed by atoms with Gasteiger partial charge < -0.3 is 9.64 Å². The second kappa shape index (κ2) is 10.1. The zero-order chi connectivity index (χ0) is 25.6. The highest BCUT2D eigenvalue weighted by molar-refractivity contribution is 9.12. The lowest BCUT2D eigenvalue weighted by atomic mass is 9.81. The fourth-order valence-corrected chi connectivity index (χ4v) is 6.60. The number of hydrogen-bond donors (Lipinski definition) is 0. The summed E-state index contributed by atoms with van der Waals surface area (Å²) in [6.45, 7) is 2.56. The summed E-state index contributed by atoms with van der Waals surface area (Å²) in [4.78, 5) is 54.8. The second-order valence-electron chi connectivity index (χ2n) is 9.76. The van der Waals surface area contributed by atoms with Crippen LogP contribution in [0.25, 0.3) is 0 Å². The van der Waals surface area contributed by atoms with Crippen LogP contribution in [0.5, 0.6) is 5.75 Å². The number of anilines is 1. The monoisotopic (exact) mass is 616 g/mol. The zero-order valence-electron chi connectivity index (χ0n) is 19.7. The van der Waals surface area contributed by atoms with Gasteiger partial charge in [0.1, 0.15) is 5.75 Å². The molecule has 0 unspecified atom stereocenters. The molecule has 2 aliphatic heterocycles. The van der Waals surface area contributed by atoms with E-state index in [2.05, 4.69) is 31.9 Å². The van der Waals surface area contributed by atoms with E-state index in [9.17, 15) is 19.2 Å². The zero-order valence-corrected chi connectivity index (χ0v) is 22.9. The standard InChI is InChI=1S/C27H26Br2N2O5/c1-15-9-18(36-27(35)17-10-24(32)30(14-17)13-16-5-3-2-4-6-16)7-8-23(15)31-25(33)19-11-21(28)22(29)12-20(19)26(31)34/h2-9,17,19-22H,10-14H2,1H3/t17-,19-,20+,21+,22-/m1/s1. The van der Waals surface area contributed by atoms with Crippen molar-refractivity contribution < 1.29 is 23.9 Å². The van der Waals surface area contributed by atoms with E-state index in [1.165, 1.54) is 4.90 Å². The Morgan fingerprint density at radius 3 is 2.22 bits per heavy atom. The Morgan fingerprint density at radius 2 is 1.61 bits per heavy atom. The molecule has 7 nitrogen and oxygen atoms in total. The summed E-state index contributed by atoms with van der Waals surface area (Å²) in [6, 6.07) is 14.6. The van der Waals surface area contributed by atoms with Crippen molar-refractivity contribution in [3.8, 4) is 5.75 Å². The molecule has 188 valence electrons. The first-order chi connectivity index (χ1) is 17.2. The van der Waals surface area contributed by atoms with Crippen molar-refractivity contribution in [3.63, 3.8) is 0 Å². The number of alkyl halides is 2. The Bertz CT molecular complexity index is 1190. The van der Waals surface area contributed by atoms with Gasteiger partial charge in [-0.1, -0.05) is 62.2 Å². The third kappa shape index (κ3) is 4.75. The van der Waals surface area contributed by atoms with Gasteiger partial charge in [-0.05, 0) is 49.1 Å². The summed E-state index contributed by atoms with van der Waals surface area (Å²) < 4.78 is 5.60. The number of carbonyl (C=O) groups is 4. The lowest BCUT2D eigenvalue weighted by Gasteiger charge is -2.29. The van der Waals surface area contributed by atoms with Crippen LogP contribution in [0.2, 0.25) is 0 Å². The molecule has 0 radical (unpaired) electrons. The van der Waals surface area contributed by atoms with E-state index in [1.807, 2.05) is 30.3 Å². The number of halogens is 2. The van der Waals surface area contributed by atoms with Gasteiger partial charge in [0.25, 0.3) is 0 Å². The molecule has 0 N–H and O–H groups in total. The number of nitrogens with zero attached hydrogens (tertiary/aromatic N) is 2. The van der Waals surface area contributed by atoms with Crippen molar-refractivity contribution in [2.45, 2.75) is 42.4 Å². The predicted octanol–water partition coefficient (Wildman–Crippen LogP) is 4.38. The first-order valence-electron chi connectivity index (χ1n) is 12.0. The largest absolute Gasteiger partial charge is 0.426 e. The molecule has 2 heterocycles. The van der Waals surface area contributed by atoms with Crippen LogP contribution < -0.4 is 9.64 Å². The molecule has 2 aromatic carbocycles. The van der Waals surface area contributed by atoms with E-state index >= 15 is 0 Å². The lowest BCUT2D eigenvalue weighted by Crippen LogP contribution is -2.34. The van der Waals surface area contributed by atoms with E-state index < -0.39 is 11.9 Å². The number of benzene rings is 2.